The summed E-state index contributed by atoms with van der Waals surface area (Å²) in [5, 5.41) is 0. The largest absolute Gasteiger partial charge is 0.496 e. The van der Waals surface area contributed by atoms with Crippen LogP contribution in [0.3, 0.4) is 0 Å². The quantitative estimate of drug-likeness (QED) is 0.534. The molecule has 0 radical (unpaired) electrons. The molecule has 0 unspecified atom stereocenters. The van der Waals surface area contributed by atoms with Gasteiger partial charge in [0, 0.05) is 35.0 Å². The first-order chi connectivity index (χ1) is 13.4. The van der Waals surface area contributed by atoms with Crippen molar-refractivity contribution in [2.75, 3.05) is 7.11 Å². The van der Waals surface area contributed by atoms with Crippen LogP contribution in [0.15, 0.2) is 30.5 Å². The molecular formula is C25H38FNO. The number of halogens is 1. The molecule has 1 saturated carbocycles. The van der Waals surface area contributed by atoms with Gasteiger partial charge in [0.2, 0.25) is 0 Å². The Bertz CT molecular complexity index is 711. The standard InChI is InChI=1S/C21H26FNO.2C2H6/c1-21(2,3)17-11-16(20(24-4)12-18(17)22)15-9-10-19(23-13-15)14-7-5-6-8-14;2*1-2/h9-14H,5-8H2,1-4H3;2*1-2H3. The lowest BCUT2D eigenvalue weighted by Crippen LogP contribution is -2.14. The molecule has 0 N–H and O–H groups in total. The van der Waals surface area contributed by atoms with E-state index in [2.05, 4.69) is 17.1 Å². The van der Waals surface area contributed by atoms with Crippen LogP contribution < -0.4 is 4.74 Å². The Kier molecular flexibility index (Phi) is 9.64. The van der Waals surface area contributed by atoms with Crippen LogP contribution in [0.4, 0.5) is 4.39 Å². The van der Waals surface area contributed by atoms with E-state index in [1.165, 1.54) is 37.4 Å². The molecule has 0 bridgehead atoms. The first kappa shape index (κ1) is 24.1. The van der Waals surface area contributed by atoms with Crippen molar-refractivity contribution in [3.05, 3.63) is 47.5 Å². The Balaban J connectivity index is 0.000000921. The molecule has 3 heteroatoms. The second-order valence-corrected chi connectivity index (χ2v) is 7.74. The monoisotopic (exact) mass is 387 g/mol. The summed E-state index contributed by atoms with van der Waals surface area (Å²) >= 11 is 0. The van der Waals surface area contributed by atoms with Gasteiger partial charge in [0.05, 0.1) is 7.11 Å². The fraction of sp³-hybridized carbons (Fsp3) is 0.560. The first-order valence-corrected chi connectivity index (χ1v) is 10.7. The number of ether oxygens (including phenoxy) is 1. The molecule has 0 spiro atoms. The Morgan fingerprint density at radius 1 is 1.00 bits per heavy atom. The highest BCUT2D eigenvalue weighted by atomic mass is 19.1. The molecule has 2 aromatic rings. The van der Waals surface area contributed by atoms with E-state index in [9.17, 15) is 4.39 Å². The molecule has 1 fully saturated rings. The lowest BCUT2D eigenvalue weighted by molar-refractivity contribution is 0.410. The van der Waals surface area contributed by atoms with Crippen molar-refractivity contribution in [3.63, 3.8) is 0 Å². The summed E-state index contributed by atoms with van der Waals surface area (Å²) in [7, 11) is 1.58. The SMILES string of the molecule is CC.CC.COc1cc(F)c(C(C)(C)C)cc1-c1ccc(C2CCCC2)nc1. The minimum Gasteiger partial charge on any atom is -0.496 e. The van der Waals surface area contributed by atoms with Crippen LogP contribution in [-0.4, -0.2) is 12.1 Å². The molecule has 2 nitrogen and oxygen atoms in total. The lowest BCUT2D eigenvalue weighted by atomic mass is 9.84. The highest BCUT2D eigenvalue weighted by molar-refractivity contribution is 5.71. The van der Waals surface area contributed by atoms with Crippen LogP contribution in [0.25, 0.3) is 11.1 Å². The summed E-state index contributed by atoms with van der Waals surface area (Å²) in [5.41, 5.74) is 3.47. The molecular weight excluding hydrogens is 349 g/mol. The van der Waals surface area contributed by atoms with E-state index < -0.39 is 0 Å². The highest BCUT2D eigenvalue weighted by Gasteiger charge is 2.22. The minimum absolute atomic E-state index is 0.223. The Morgan fingerprint density at radius 3 is 2.07 bits per heavy atom. The van der Waals surface area contributed by atoms with Crippen molar-refractivity contribution >= 4 is 0 Å². The number of pyridine rings is 1. The van der Waals surface area contributed by atoms with E-state index in [4.69, 9.17) is 4.74 Å². The highest BCUT2D eigenvalue weighted by Crippen LogP contribution is 2.38. The average Bonchev–Trinajstić information content (AvgIpc) is 3.25. The molecule has 156 valence electrons. The number of aromatic nitrogens is 1. The maximum atomic E-state index is 14.4. The van der Waals surface area contributed by atoms with Gasteiger partial charge in [-0.2, -0.15) is 0 Å². The van der Waals surface area contributed by atoms with Crippen molar-refractivity contribution in [2.24, 2.45) is 0 Å². The zero-order chi connectivity index (χ0) is 21.3. The number of hydrogen-bond donors (Lipinski definition) is 0. The van der Waals surface area contributed by atoms with Gasteiger partial charge < -0.3 is 4.74 Å². The molecule has 0 aliphatic heterocycles. The summed E-state index contributed by atoms with van der Waals surface area (Å²) in [6.07, 6.45) is 6.97. The van der Waals surface area contributed by atoms with Gasteiger partial charge in [-0.05, 0) is 36.0 Å². The zero-order valence-corrected chi connectivity index (χ0v) is 19.0. The molecule has 1 heterocycles. The van der Waals surface area contributed by atoms with E-state index in [-0.39, 0.29) is 11.2 Å². The smallest absolute Gasteiger partial charge is 0.130 e. The Hall–Kier alpha value is -1.90. The number of benzene rings is 1. The molecule has 28 heavy (non-hydrogen) atoms. The number of nitrogens with zero attached hydrogens (tertiary/aromatic N) is 1. The van der Waals surface area contributed by atoms with E-state index in [0.717, 1.165) is 11.1 Å². The summed E-state index contributed by atoms with van der Waals surface area (Å²) in [4.78, 5) is 4.68. The van der Waals surface area contributed by atoms with Crippen molar-refractivity contribution in [3.8, 4) is 16.9 Å². The van der Waals surface area contributed by atoms with E-state index in [1.807, 2.05) is 60.7 Å². The van der Waals surface area contributed by atoms with Crippen LogP contribution >= 0.6 is 0 Å². The summed E-state index contributed by atoms with van der Waals surface area (Å²) < 4.78 is 19.8. The van der Waals surface area contributed by atoms with Crippen molar-refractivity contribution in [1.82, 2.24) is 4.98 Å². The summed E-state index contributed by atoms with van der Waals surface area (Å²) in [5.74, 6) is 0.925. The molecule has 0 saturated heterocycles. The maximum absolute atomic E-state index is 14.4. The number of rotatable bonds is 3. The number of hydrogen-bond acceptors (Lipinski definition) is 2. The molecule has 1 aromatic carbocycles. The second kappa shape index (κ2) is 11.2. The molecule has 1 aromatic heterocycles. The minimum atomic E-state index is -0.262. The van der Waals surface area contributed by atoms with Crippen molar-refractivity contribution < 1.29 is 9.13 Å². The first-order valence-electron chi connectivity index (χ1n) is 10.7. The fourth-order valence-corrected chi connectivity index (χ4v) is 3.55. The third-order valence-corrected chi connectivity index (χ3v) is 4.97. The predicted octanol–water partition coefficient (Wildman–Crippen LogP) is 7.90. The van der Waals surface area contributed by atoms with Crippen LogP contribution in [0.2, 0.25) is 0 Å². The molecule has 1 aliphatic rings. The molecule has 1 aliphatic carbocycles. The normalized spacial score (nSPS) is 13.9. The topological polar surface area (TPSA) is 22.1 Å². The van der Waals surface area contributed by atoms with Crippen LogP contribution in [0.5, 0.6) is 5.75 Å². The van der Waals surface area contributed by atoms with E-state index >= 15 is 0 Å². The Labute approximate surface area is 171 Å². The van der Waals surface area contributed by atoms with E-state index in [1.54, 1.807) is 7.11 Å². The Morgan fingerprint density at radius 2 is 1.61 bits per heavy atom. The predicted molar refractivity (Wildman–Crippen MR) is 119 cm³/mol. The summed E-state index contributed by atoms with van der Waals surface area (Å²) in [6, 6.07) is 7.59. The lowest BCUT2D eigenvalue weighted by Gasteiger charge is -2.22. The molecule has 3 rings (SSSR count). The van der Waals surface area contributed by atoms with E-state index in [0.29, 0.717) is 17.2 Å². The zero-order valence-electron chi connectivity index (χ0n) is 19.0. The van der Waals surface area contributed by atoms with Crippen LogP contribution in [0.1, 0.15) is 91.3 Å². The average molecular weight is 388 g/mol. The van der Waals surface area contributed by atoms with Gasteiger partial charge in [0.1, 0.15) is 11.6 Å². The third kappa shape index (κ3) is 5.80. The van der Waals surface area contributed by atoms with Gasteiger partial charge in [-0.15, -0.1) is 0 Å². The summed E-state index contributed by atoms with van der Waals surface area (Å²) in [6.45, 7) is 14.1. The van der Waals surface area contributed by atoms with Gasteiger partial charge in [0.25, 0.3) is 0 Å². The van der Waals surface area contributed by atoms with Crippen LogP contribution in [-0.2, 0) is 5.41 Å². The number of methoxy groups -OCH3 is 1. The van der Waals surface area contributed by atoms with Crippen molar-refractivity contribution in [2.45, 2.75) is 85.5 Å². The van der Waals surface area contributed by atoms with Gasteiger partial charge in [-0.25, -0.2) is 4.39 Å². The van der Waals surface area contributed by atoms with Gasteiger partial charge in [-0.3, -0.25) is 4.98 Å². The third-order valence-electron chi connectivity index (χ3n) is 4.97. The van der Waals surface area contributed by atoms with Gasteiger partial charge >= 0.3 is 0 Å². The second-order valence-electron chi connectivity index (χ2n) is 7.74. The molecule has 0 atom stereocenters. The fourth-order valence-electron chi connectivity index (χ4n) is 3.55. The van der Waals surface area contributed by atoms with Gasteiger partial charge in [-0.1, -0.05) is 67.4 Å². The van der Waals surface area contributed by atoms with Crippen LogP contribution in [0, 0.1) is 5.82 Å². The van der Waals surface area contributed by atoms with Gasteiger partial charge in [0.15, 0.2) is 0 Å². The molecule has 0 amide bonds. The van der Waals surface area contributed by atoms with Crippen molar-refractivity contribution in [1.29, 1.82) is 0 Å². The maximum Gasteiger partial charge on any atom is 0.130 e.